The van der Waals surface area contributed by atoms with Gasteiger partial charge in [0, 0.05) is 25.8 Å². The van der Waals surface area contributed by atoms with E-state index in [0.29, 0.717) is 59.8 Å². The van der Waals surface area contributed by atoms with Crippen LogP contribution in [0.1, 0.15) is 41.2 Å². The van der Waals surface area contributed by atoms with Crippen LogP contribution in [-0.2, 0) is 17.5 Å². The summed E-state index contributed by atoms with van der Waals surface area (Å²) in [4.78, 5) is 38.3. The van der Waals surface area contributed by atoms with E-state index in [9.17, 15) is 22.8 Å². The molecular formula is C26H26F3N7O3S. The van der Waals surface area contributed by atoms with Gasteiger partial charge in [-0.1, -0.05) is 5.16 Å². The molecule has 5 heterocycles. The first kappa shape index (κ1) is 27.8. The molecule has 3 aromatic rings. The molecule has 0 radical (unpaired) electrons. The summed E-state index contributed by atoms with van der Waals surface area (Å²) < 4.78 is 45.8. The number of halogens is 3. The summed E-state index contributed by atoms with van der Waals surface area (Å²) in [5, 5.41) is 8.95. The average molecular weight is 574 g/mol. The van der Waals surface area contributed by atoms with Gasteiger partial charge in [-0.15, -0.1) is 0 Å². The summed E-state index contributed by atoms with van der Waals surface area (Å²) in [7, 11) is 0. The van der Waals surface area contributed by atoms with Gasteiger partial charge < -0.3 is 14.7 Å². The van der Waals surface area contributed by atoms with Crippen LogP contribution in [0.2, 0.25) is 0 Å². The van der Waals surface area contributed by atoms with Gasteiger partial charge in [0.2, 0.25) is 5.95 Å². The Morgan fingerprint density at radius 2 is 1.98 bits per heavy atom. The van der Waals surface area contributed by atoms with E-state index in [1.54, 1.807) is 38.3 Å². The highest BCUT2D eigenvalue weighted by Gasteiger charge is 2.34. The number of nitrogens with zero attached hydrogens (tertiary/aromatic N) is 5. The lowest BCUT2D eigenvalue weighted by molar-refractivity contribution is -0.141. The number of thioether (sulfide) groups is 1. The summed E-state index contributed by atoms with van der Waals surface area (Å²) in [6, 6.07) is 4.38. The van der Waals surface area contributed by atoms with Gasteiger partial charge in [0.05, 0.1) is 27.6 Å². The Balaban J connectivity index is 1.18. The molecule has 2 aliphatic rings. The van der Waals surface area contributed by atoms with Crippen LogP contribution in [0.4, 0.5) is 23.9 Å². The predicted molar refractivity (Wildman–Crippen MR) is 142 cm³/mol. The van der Waals surface area contributed by atoms with Crippen molar-refractivity contribution in [3.05, 3.63) is 57.7 Å². The number of carbonyl (C=O) groups is 2. The van der Waals surface area contributed by atoms with Crippen LogP contribution in [0.25, 0.3) is 17.3 Å². The summed E-state index contributed by atoms with van der Waals surface area (Å²) >= 11 is 0.834. The number of anilines is 1. The third kappa shape index (κ3) is 6.33. The molecule has 40 heavy (non-hydrogen) atoms. The minimum absolute atomic E-state index is 0.188. The van der Waals surface area contributed by atoms with E-state index in [-0.39, 0.29) is 17.1 Å². The van der Waals surface area contributed by atoms with Crippen LogP contribution < -0.4 is 15.5 Å². The number of piperidine rings is 1. The molecule has 2 fully saturated rings. The summed E-state index contributed by atoms with van der Waals surface area (Å²) in [5.41, 5.74) is 1.21. The molecule has 0 atom stereocenters. The van der Waals surface area contributed by atoms with Crippen LogP contribution in [0.5, 0.6) is 0 Å². The largest absolute Gasteiger partial charge is 0.433 e. The fraction of sp³-hybridized carbons (Fsp3) is 0.385. The lowest BCUT2D eigenvalue weighted by Crippen LogP contribution is -2.38. The van der Waals surface area contributed by atoms with Crippen molar-refractivity contribution in [2.75, 3.05) is 24.5 Å². The van der Waals surface area contributed by atoms with Gasteiger partial charge >= 0.3 is 6.18 Å². The molecule has 0 unspecified atom stereocenters. The monoisotopic (exact) mass is 573 g/mol. The Morgan fingerprint density at radius 1 is 1.20 bits per heavy atom. The number of amides is 2. The molecular weight excluding hydrogens is 547 g/mol. The summed E-state index contributed by atoms with van der Waals surface area (Å²) in [6.45, 7) is 5.65. The molecule has 10 nitrogen and oxygen atoms in total. The van der Waals surface area contributed by atoms with Gasteiger partial charge in [0.1, 0.15) is 11.5 Å². The van der Waals surface area contributed by atoms with Gasteiger partial charge in [-0.25, -0.2) is 15.0 Å². The maximum Gasteiger partial charge on any atom is 0.433 e. The van der Waals surface area contributed by atoms with E-state index in [1.165, 1.54) is 0 Å². The van der Waals surface area contributed by atoms with Crippen LogP contribution in [-0.4, -0.2) is 50.9 Å². The molecule has 0 bridgehead atoms. The zero-order valence-electron chi connectivity index (χ0n) is 21.7. The summed E-state index contributed by atoms with van der Waals surface area (Å²) in [5.74, 6) is 0.847. The Labute approximate surface area is 231 Å². The molecule has 3 aromatic heterocycles. The number of aromatic nitrogens is 4. The molecule has 0 saturated carbocycles. The first-order valence-corrected chi connectivity index (χ1v) is 13.4. The molecule has 2 saturated heterocycles. The third-order valence-corrected chi connectivity index (χ3v) is 7.52. The Morgan fingerprint density at radius 3 is 2.62 bits per heavy atom. The van der Waals surface area contributed by atoms with Gasteiger partial charge in [-0.3, -0.25) is 14.9 Å². The van der Waals surface area contributed by atoms with Gasteiger partial charge in [0.25, 0.3) is 11.1 Å². The quantitative estimate of drug-likeness (QED) is 0.391. The number of carbonyl (C=O) groups excluding carboxylic acids is 2. The topological polar surface area (TPSA) is 126 Å². The maximum atomic E-state index is 13.6. The Kier molecular flexibility index (Phi) is 7.90. The van der Waals surface area contributed by atoms with E-state index < -0.39 is 23.0 Å². The molecule has 0 spiro atoms. The fourth-order valence-corrected chi connectivity index (χ4v) is 5.39. The molecule has 2 aliphatic heterocycles. The molecule has 14 heteroatoms. The van der Waals surface area contributed by atoms with Crippen molar-refractivity contribution < 1.29 is 27.3 Å². The van der Waals surface area contributed by atoms with Crippen LogP contribution in [0, 0.1) is 19.8 Å². The van der Waals surface area contributed by atoms with E-state index in [4.69, 9.17) is 4.52 Å². The highest BCUT2D eigenvalue weighted by Crippen LogP contribution is 2.33. The molecule has 5 rings (SSSR count). The van der Waals surface area contributed by atoms with Crippen LogP contribution in [0.15, 0.2) is 33.8 Å². The highest BCUT2D eigenvalue weighted by molar-refractivity contribution is 8.18. The minimum atomic E-state index is -4.58. The lowest BCUT2D eigenvalue weighted by Gasteiger charge is -2.32. The Bertz CT molecular complexity index is 1450. The molecule has 2 N–H and O–H groups in total. The second kappa shape index (κ2) is 11.4. The fourth-order valence-electron chi connectivity index (χ4n) is 4.72. The second-order valence-electron chi connectivity index (χ2n) is 9.64. The Hall–Kier alpha value is -3.78. The van der Waals surface area contributed by atoms with E-state index in [2.05, 4.69) is 35.6 Å². The van der Waals surface area contributed by atoms with Crippen molar-refractivity contribution in [1.82, 2.24) is 30.7 Å². The maximum absolute atomic E-state index is 13.6. The lowest BCUT2D eigenvalue weighted by atomic mass is 9.97. The van der Waals surface area contributed by atoms with Crippen molar-refractivity contribution in [1.29, 1.82) is 0 Å². The first-order chi connectivity index (χ1) is 19.1. The van der Waals surface area contributed by atoms with Crippen molar-refractivity contribution in [2.45, 2.75) is 39.4 Å². The number of alkyl halides is 3. The summed E-state index contributed by atoms with van der Waals surface area (Å²) in [6.07, 6.45) is 0.299. The number of hydrogen-bond acceptors (Lipinski definition) is 10. The third-order valence-electron chi connectivity index (χ3n) is 6.71. The molecule has 0 aliphatic carbocycles. The van der Waals surface area contributed by atoms with Crippen molar-refractivity contribution in [3.63, 3.8) is 0 Å². The van der Waals surface area contributed by atoms with Gasteiger partial charge in [0.15, 0.2) is 0 Å². The molecule has 0 aromatic carbocycles. The van der Waals surface area contributed by atoms with Crippen molar-refractivity contribution >= 4 is 34.9 Å². The van der Waals surface area contributed by atoms with Crippen molar-refractivity contribution in [2.24, 2.45) is 5.92 Å². The van der Waals surface area contributed by atoms with Crippen LogP contribution in [0.3, 0.4) is 0 Å². The second-order valence-corrected chi connectivity index (χ2v) is 10.7. The van der Waals surface area contributed by atoms with E-state index in [1.807, 2.05) is 0 Å². The number of rotatable bonds is 7. The standard InChI is InChI=1S/C26H26F3N7O3S/c1-14-22(15(2)39-35-14)19-9-17(10-21(33-19)26(27,28)29)13-30-12-16-4-7-36(8-5-16)24-31-6-3-18(32-24)11-20-23(37)34-25(38)40-20/h3,6,9-11,16,30H,4-5,7-8,12-13H2,1-2H3,(H,34,37,38)/b20-11-. The zero-order chi connectivity index (χ0) is 28.4. The van der Waals surface area contributed by atoms with Gasteiger partial charge in [-0.05, 0) is 80.8 Å². The minimum Gasteiger partial charge on any atom is -0.361 e. The van der Waals surface area contributed by atoms with Crippen LogP contribution >= 0.6 is 11.8 Å². The smallest absolute Gasteiger partial charge is 0.361 e. The van der Waals surface area contributed by atoms with E-state index >= 15 is 0 Å². The molecule has 2 amide bonds. The normalized spacial score (nSPS) is 17.6. The van der Waals surface area contributed by atoms with Gasteiger partial charge in [-0.2, -0.15) is 13.2 Å². The number of pyridine rings is 1. The number of nitrogens with one attached hydrogen (secondary N) is 2. The average Bonchev–Trinajstić information content (AvgIpc) is 3.42. The zero-order valence-corrected chi connectivity index (χ0v) is 22.5. The first-order valence-electron chi connectivity index (χ1n) is 12.6. The molecule has 210 valence electrons. The predicted octanol–water partition coefficient (Wildman–Crippen LogP) is 4.49. The number of hydrogen-bond donors (Lipinski definition) is 2. The van der Waals surface area contributed by atoms with E-state index in [0.717, 1.165) is 30.7 Å². The number of aryl methyl sites for hydroxylation is 2. The number of imide groups is 1. The SMILES string of the molecule is Cc1noc(C)c1-c1cc(CNCC2CCN(c3nccc(/C=C4\SC(=O)NC4=O)n3)CC2)cc(C(F)(F)F)n1. The highest BCUT2D eigenvalue weighted by atomic mass is 32.2. The van der Waals surface area contributed by atoms with Crippen molar-refractivity contribution in [3.8, 4) is 11.3 Å².